The highest BCUT2D eigenvalue weighted by Crippen LogP contribution is 2.00. The molecule has 0 bridgehead atoms. The van der Waals surface area contributed by atoms with Crippen LogP contribution in [0, 0.1) is 0 Å². The van der Waals surface area contributed by atoms with Crippen molar-refractivity contribution in [3.8, 4) is 0 Å². The van der Waals surface area contributed by atoms with Crippen molar-refractivity contribution in [2.24, 2.45) is 0 Å². The molecule has 0 radical (unpaired) electrons. The number of carbonyl (C=O) groups excluding carboxylic acids is 2. The van der Waals surface area contributed by atoms with Crippen LogP contribution in [0.1, 0.15) is 46.0 Å². The molecule has 0 aliphatic heterocycles. The molecule has 0 fully saturated rings. The van der Waals surface area contributed by atoms with Crippen molar-refractivity contribution in [2.45, 2.75) is 46.0 Å². The minimum atomic E-state index is 0.0949. The SMILES string of the molecule is CCC=CCCC(=O)CCC(C)=O. The van der Waals surface area contributed by atoms with Crippen LogP contribution in [-0.4, -0.2) is 11.6 Å². The van der Waals surface area contributed by atoms with Gasteiger partial charge in [0.25, 0.3) is 0 Å². The molecule has 0 aromatic rings. The van der Waals surface area contributed by atoms with Gasteiger partial charge in [-0.2, -0.15) is 0 Å². The molecule has 0 rings (SSSR count). The third-order valence-electron chi connectivity index (χ3n) is 1.75. The van der Waals surface area contributed by atoms with Gasteiger partial charge in [0.15, 0.2) is 0 Å². The first-order valence-corrected chi connectivity index (χ1v) is 4.83. The summed E-state index contributed by atoms with van der Waals surface area (Å²) in [7, 11) is 0. The van der Waals surface area contributed by atoms with Crippen LogP contribution >= 0.6 is 0 Å². The van der Waals surface area contributed by atoms with Crippen molar-refractivity contribution >= 4 is 11.6 Å². The van der Waals surface area contributed by atoms with Gasteiger partial charge in [-0.3, -0.25) is 4.79 Å². The summed E-state index contributed by atoms with van der Waals surface area (Å²) in [5, 5.41) is 0. The topological polar surface area (TPSA) is 34.1 Å². The quantitative estimate of drug-likeness (QED) is 0.567. The van der Waals surface area contributed by atoms with Crippen LogP contribution in [0.25, 0.3) is 0 Å². The fourth-order valence-electron chi connectivity index (χ4n) is 0.969. The Balaban J connectivity index is 3.41. The van der Waals surface area contributed by atoms with Crippen molar-refractivity contribution in [3.63, 3.8) is 0 Å². The van der Waals surface area contributed by atoms with Crippen molar-refractivity contribution < 1.29 is 9.59 Å². The van der Waals surface area contributed by atoms with E-state index in [9.17, 15) is 9.59 Å². The lowest BCUT2D eigenvalue weighted by molar-refractivity contribution is -0.123. The lowest BCUT2D eigenvalue weighted by Crippen LogP contribution is -2.00. The first kappa shape index (κ1) is 12.1. The molecule has 0 aliphatic rings. The molecule has 2 heteroatoms. The summed E-state index contributed by atoms with van der Waals surface area (Å²) in [4.78, 5) is 21.7. The summed E-state index contributed by atoms with van der Waals surface area (Å²) in [6, 6.07) is 0. The van der Waals surface area contributed by atoms with E-state index in [-0.39, 0.29) is 11.6 Å². The number of rotatable bonds is 7. The summed E-state index contributed by atoms with van der Waals surface area (Å²) in [5.74, 6) is 0.286. The largest absolute Gasteiger partial charge is 0.300 e. The van der Waals surface area contributed by atoms with Crippen LogP contribution in [-0.2, 0) is 9.59 Å². The fraction of sp³-hybridized carbons (Fsp3) is 0.636. The van der Waals surface area contributed by atoms with E-state index in [2.05, 4.69) is 13.0 Å². The molecule has 0 saturated carbocycles. The van der Waals surface area contributed by atoms with E-state index in [0.717, 1.165) is 12.8 Å². The monoisotopic (exact) mass is 182 g/mol. The van der Waals surface area contributed by atoms with Crippen LogP contribution < -0.4 is 0 Å². The summed E-state index contributed by atoms with van der Waals surface area (Å²) < 4.78 is 0. The van der Waals surface area contributed by atoms with E-state index in [1.54, 1.807) is 0 Å². The molecule has 0 heterocycles. The number of Topliss-reactive ketones (excluding diaryl/α,β-unsaturated/α-hetero) is 2. The molecule has 0 saturated heterocycles. The number of allylic oxidation sites excluding steroid dienone is 2. The Bertz CT molecular complexity index is 192. The number of hydrogen-bond acceptors (Lipinski definition) is 2. The summed E-state index contributed by atoms with van der Waals surface area (Å²) in [6.07, 6.45) is 7.28. The average molecular weight is 182 g/mol. The maximum atomic E-state index is 11.1. The fourth-order valence-corrected chi connectivity index (χ4v) is 0.969. The predicted molar refractivity (Wildman–Crippen MR) is 53.6 cm³/mol. The third-order valence-corrected chi connectivity index (χ3v) is 1.75. The van der Waals surface area contributed by atoms with Crippen LogP contribution in [0.4, 0.5) is 0 Å². The Morgan fingerprint density at radius 1 is 1.08 bits per heavy atom. The van der Waals surface area contributed by atoms with Gasteiger partial charge in [-0.15, -0.1) is 0 Å². The molecule has 0 unspecified atom stereocenters. The van der Waals surface area contributed by atoms with E-state index >= 15 is 0 Å². The van der Waals surface area contributed by atoms with Crippen molar-refractivity contribution in [2.75, 3.05) is 0 Å². The van der Waals surface area contributed by atoms with Gasteiger partial charge >= 0.3 is 0 Å². The van der Waals surface area contributed by atoms with Crippen LogP contribution in [0.2, 0.25) is 0 Å². The predicted octanol–water partition coefficient (Wildman–Crippen LogP) is 2.67. The second kappa shape index (κ2) is 7.71. The first-order chi connectivity index (χ1) is 6.16. The molecule has 0 N–H and O–H groups in total. The first-order valence-electron chi connectivity index (χ1n) is 4.83. The van der Waals surface area contributed by atoms with Gasteiger partial charge in [-0.1, -0.05) is 19.1 Å². The maximum Gasteiger partial charge on any atom is 0.133 e. The molecule has 0 atom stereocenters. The molecule has 0 amide bonds. The Hall–Kier alpha value is -0.920. The lowest BCUT2D eigenvalue weighted by atomic mass is 10.1. The number of carbonyl (C=O) groups is 2. The van der Waals surface area contributed by atoms with Gasteiger partial charge in [-0.25, -0.2) is 0 Å². The van der Waals surface area contributed by atoms with Gasteiger partial charge in [0.2, 0.25) is 0 Å². The Morgan fingerprint density at radius 3 is 2.31 bits per heavy atom. The Labute approximate surface area is 80.0 Å². The molecular formula is C11H18O2. The van der Waals surface area contributed by atoms with Gasteiger partial charge in [0.1, 0.15) is 11.6 Å². The Morgan fingerprint density at radius 2 is 1.77 bits per heavy atom. The third kappa shape index (κ3) is 8.99. The molecule has 0 aromatic carbocycles. The molecule has 0 spiro atoms. The van der Waals surface area contributed by atoms with Crippen molar-refractivity contribution in [1.82, 2.24) is 0 Å². The highest BCUT2D eigenvalue weighted by atomic mass is 16.1. The second-order valence-corrected chi connectivity index (χ2v) is 3.16. The van der Waals surface area contributed by atoms with E-state index in [1.807, 2.05) is 6.08 Å². The highest BCUT2D eigenvalue weighted by Gasteiger charge is 2.01. The standard InChI is InChI=1S/C11H18O2/c1-3-4-5-6-7-11(13)9-8-10(2)12/h4-5H,3,6-9H2,1-2H3. The zero-order chi connectivity index (χ0) is 10.1. The minimum absolute atomic E-state index is 0.0949. The molecule has 0 aliphatic carbocycles. The zero-order valence-corrected chi connectivity index (χ0v) is 8.51. The second-order valence-electron chi connectivity index (χ2n) is 3.16. The van der Waals surface area contributed by atoms with E-state index in [4.69, 9.17) is 0 Å². The average Bonchev–Trinajstić information content (AvgIpc) is 2.09. The minimum Gasteiger partial charge on any atom is -0.300 e. The van der Waals surface area contributed by atoms with Crippen molar-refractivity contribution in [1.29, 1.82) is 0 Å². The van der Waals surface area contributed by atoms with Crippen LogP contribution in [0.3, 0.4) is 0 Å². The summed E-state index contributed by atoms with van der Waals surface area (Å²) in [6.45, 7) is 3.58. The molecule has 0 aromatic heterocycles. The van der Waals surface area contributed by atoms with Gasteiger partial charge < -0.3 is 4.79 Å². The molecule has 74 valence electrons. The molecule has 2 nitrogen and oxygen atoms in total. The smallest absolute Gasteiger partial charge is 0.133 e. The van der Waals surface area contributed by atoms with Crippen LogP contribution in [0.15, 0.2) is 12.2 Å². The van der Waals surface area contributed by atoms with Crippen molar-refractivity contribution in [3.05, 3.63) is 12.2 Å². The van der Waals surface area contributed by atoms with Gasteiger partial charge in [0.05, 0.1) is 0 Å². The van der Waals surface area contributed by atoms with E-state index in [0.29, 0.717) is 19.3 Å². The van der Waals surface area contributed by atoms with Crippen LogP contribution in [0.5, 0.6) is 0 Å². The number of hydrogen-bond donors (Lipinski definition) is 0. The van der Waals surface area contributed by atoms with Gasteiger partial charge in [0, 0.05) is 19.3 Å². The van der Waals surface area contributed by atoms with Gasteiger partial charge in [-0.05, 0) is 19.8 Å². The highest BCUT2D eigenvalue weighted by molar-refractivity contribution is 5.84. The Kier molecular flexibility index (Phi) is 7.17. The molecular weight excluding hydrogens is 164 g/mol. The summed E-state index contributed by atoms with van der Waals surface area (Å²) >= 11 is 0. The zero-order valence-electron chi connectivity index (χ0n) is 8.51. The maximum absolute atomic E-state index is 11.1. The van der Waals surface area contributed by atoms with E-state index < -0.39 is 0 Å². The summed E-state index contributed by atoms with van der Waals surface area (Å²) in [5.41, 5.74) is 0. The molecule has 13 heavy (non-hydrogen) atoms. The van der Waals surface area contributed by atoms with E-state index in [1.165, 1.54) is 6.92 Å². The number of ketones is 2. The lowest BCUT2D eigenvalue weighted by Gasteiger charge is -1.95. The normalized spacial score (nSPS) is 10.6.